The summed E-state index contributed by atoms with van der Waals surface area (Å²) in [5.74, 6) is 0.793. The Morgan fingerprint density at radius 2 is 1.90 bits per heavy atom. The molecule has 2 amide bonds. The van der Waals surface area contributed by atoms with E-state index < -0.39 is 0 Å². The van der Waals surface area contributed by atoms with Crippen molar-refractivity contribution in [2.24, 2.45) is 5.73 Å². The minimum absolute atomic E-state index is 0.250. The van der Waals surface area contributed by atoms with Crippen LogP contribution in [-0.2, 0) is 13.1 Å². The van der Waals surface area contributed by atoms with Crippen LogP contribution in [0.15, 0.2) is 48.5 Å². The average Bonchev–Trinajstić information content (AvgIpc) is 2.53. The number of nitrogens with two attached hydrogens (primary N) is 1. The number of ether oxygens (including phenoxy) is 1. The number of carbonyl (C=O) groups excluding carboxylic acids is 1. The van der Waals surface area contributed by atoms with Crippen LogP contribution in [0.25, 0.3) is 0 Å². The van der Waals surface area contributed by atoms with Crippen LogP contribution in [0.2, 0.25) is 0 Å². The number of nitrogens with one attached hydrogen (secondary N) is 2. The molecule has 0 aliphatic heterocycles. The van der Waals surface area contributed by atoms with Crippen LogP contribution in [0.5, 0.6) is 5.75 Å². The number of carbonyl (C=O) groups is 1. The zero-order chi connectivity index (χ0) is 15.1. The van der Waals surface area contributed by atoms with Crippen molar-refractivity contribution in [3.8, 4) is 5.75 Å². The standard InChI is InChI=1S/C16H19N3O2/c1-21-15-7-5-12(6-8-15)11-18-16(20)19-14-4-2-3-13(9-14)10-17/h2-9H,10-11,17H2,1H3,(H2,18,19,20). The SMILES string of the molecule is COc1ccc(CNC(=O)Nc2cccc(CN)c2)cc1. The van der Waals surface area contributed by atoms with Crippen molar-refractivity contribution in [1.82, 2.24) is 5.32 Å². The van der Waals surface area contributed by atoms with Gasteiger partial charge in [-0.05, 0) is 35.4 Å². The molecular weight excluding hydrogens is 266 g/mol. The molecule has 2 rings (SSSR count). The molecule has 5 heteroatoms. The second kappa shape index (κ2) is 7.31. The molecule has 110 valence electrons. The number of hydrogen-bond donors (Lipinski definition) is 3. The van der Waals surface area contributed by atoms with Gasteiger partial charge in [-0.1, -0.05) is 24.3 Å². The Labute approximate surface area is 124 Å². The summed E-state index contributed by atoms with van der Waals surface area (Å²) < 4.78 is 5.09. The third kappa shape index (κ3) is 4.50. The topological polar surface area (TPSA) is 76.4 Å². The molecule has 0 atom stereocenters. The Morgan fingerprint density at radius 1 is 1.14 bits per heavy atom. The largest absolute Gasteiger partial charge is 0.497 e. The number of hydrogen-bond acceptors (Lipinski definition) is 3. The highest BCUT2D eigenvalue weighted by Gasteiger charge is 2.02. The van der Waals surface area contributed by atoms with Crippen molar-refractivity contribution in [3.63, 3.8) is 0 Å². The summed E-state index contributed by atoms with van der Waals surface area (Å²) >= 11 is 0. The number of urea groups is 1. The molecule has 0 aliphatic carbocycles. The molecule has 0 aromatic heterocycles. The lowest BCUT2D eigenvalue weighted by Gasteiger charge is -2.09. The first-order valence-electron chi connectivity index (χ1n) is 6.68. The Morgan fingerprint density at radius 3 is 2.57 bits per heavy atom. The van der Waals surface area contributed by atoms with E-state index in [-0.39, 0.29) is 6.03 Å². The Kier molecular flexibility index (Phi) is 5.17. The van der Waals surface area contributed by atoms with Crippen LogP contribution in [-0.4, -0.2) is 13.1 Å². The number of anilines is 1. The quantitative estimate of drug-likeness (QED) is 0.790. The molecule has 0 radical (unpaired) electrons. The summed E-state index contributed by atoms with van der Waals surface area (Å²) in [6, 6.07) is 14.8. The summed E-state index contributed by atoms with van der Waals surface area (Å²) in [7, 11) is 1.62. The Balaban J connectivity index is 1.86. The van der Waals surface area contributed by atoms with E-state index >= 15 is 0 Å². The predicted molar refractivity (Wildman–Crippen MR) is 83.2 cm³/mol. The minimum atomic E-state index is -0.250. The van der Waals surface area contributed by atoms with Crippen LogP contribution in [0.4, 0.5) is 10.5 Å². The molecule has 0 saturated heterocycles. The van der Waals surface area contributed by atoms with Crippen molar-refractivity contribution >= 4 is 11.7 Å². The smallest absolute Gasteiger partial charge is 0.319 e. The molecule has 0 heterocycles. The second-order valence-electron chi connectivity index (χ2n) is 4.56. The third-order valence-corrected chi connectivity index (χ3v) is 3.03. The van der Waals surface area contributed by atoms with Crippen molar-refractivity contribution in [2.75, 3.05) is 12.4 Å². The van der Waals surface area contributed by atoms with Gasteiger partial charge in [-0.2, -0.15) is 0 Å². The molecule has 2 aromatic carbocycles. The van der Waals surface area contributed by atoms with E-state index in [0.717, 1.165) is 22.6 Å². The summed E-state index contributed by atoms with van der Waals surface area (Å²) in [5.41, 5.74) is 8.27. The number of methoxy groups -OCH3 is 1. The molecule has 0 saturated carbocycles. The van der Waals surface area contributed by atoms with E-state index in [0.29, 0.717) is 13.1 Å². The molecule has 0 fully saturated rings. The van der Waals surface area contributed by atoms with E-state index in [1.54, 1.807) is 7.11 Å². The lowest BCUT2D eigenvalue weighted by atomic mass is 10.2. The van der Waals surface area contributed by atoms with Gasteiger partial charge < -0.3 is 21.1 Å². The molecular formula is C16H19N3O2. The third-order valence-electron chi connectivity index (χ3n) is 3.03. The van der Waals surface area contributed by atoms with E-state index in [4.69, 9.17) is 10.5 Å². The highest BCUT2D eigenvalue weighted by Crippen LogP contribution is 2.12. The first-order valence-corrected chi connectivity index (χ1v) is 6.68. The normalized spacial score (nSPS) is 10.0. The highest BCUT2D eigenvalue weighted by molar-refractivity contribution is 5.89. The van der Waals surface area contributed by atoms with Crippen molar-refractivity contribution in [3.05, 3.63) is 59.7 Å². The van der Waals surface area contributed by atoms with Gasteiger partial charge in [-0.15, -0.1) is 0 Å². The zero-order valence-corrected chi connectivity index (χ0v) is 11.9. The van der Waals surface area contributed by atoms with Gasteiger partial charge in [0.05, 0.1) is 7.11 Å². The molecule has 4 N–H and O–H groups in total. The lowest BCUT2D eigenvalue weighted by Crippen LogP contribution is -2.28. The van der Waals surface area contributed by atoms with Gasteiger partial charge in [-0.3, -0.25) is 0 Å². The first-order chi connectivity index (χ1) is 10.2. The maximum Gasteiger partial charge on any atom is 0.319 e. The molecule has 21 heavy (non-hydrogen) atoms. The minimum Gasteiger partial charge on any atom is -0.497 e. The van der Waals surface area contributed by atoms with Gasteiger partial charge in [0, 0.05) is 18.8 Å². The number of benzene rings is 2. The number of amides is 2. The van der Waals surface area contributed by atoms with Gasteiger partial charge in [0.1, 0.15) is 5.75 Å². The van der Waals surface area contributed by atoms with Gasteiger partial charge in [0.15, 0.2) is 0 Å². The Hall–Kier alpha value is -2.53. The van der Waals surface area contributed by atoms with E-state index in [1.165, 1.54) is 0 Å². The molecule has 0 bridgehead atoms. The van der Waals surface area contributed by atoms with E-state index in [1.807, 2.05) is 48.5 Å². The molecule has 0 unspecified atom stereocenters. The lowest BCUT2D eigenvalue weighted by molar-refractivity contribution is 0.251. The second-order valence-corrected chi connectivity index (χ2v) is 4.56. The van der Waals surface area contributed by atoms with Gasteiger partial charge >= 0.3 is 6.03 Å². The van der Waals surface area contributed by atoms with Crippen LogP contribution >= 0.6 is 0 Å². The fourth-order valence-corrected chi connectivity index (χ4v) is 1.88. The Bertz CT molecular complexity index is 597. The molecule has 2 aromatic rings. The van der Waals surface area contributed by atoms with Crippen molar-refractivity contribution < 1.29 is 9.53 Å². The van der Waals surface area contributed by atoms with Crippen LogP contribution in [0, 0.1) is 0 Å². The van der Waals surface area contributed by atoms with Gasteiger partial charge in [0.25, 0.3) is 0 Å². The van der Waals surface area contributed by atoms with Gasteiger partial charge in [0.2, 0.25) is 0 Å². The average molecular weight is 285 g/mol. The van der Waals surface area contributed by atoms with E-state index in [9.17, 15) is 4.79 Å². The van der Waals surface area contributed by atoms with Gasteiger partial charge in [-0.25, -0.2) is 4.79 Å². The first kappa shape index (κ1) is 14.9. The van der Waals surface area contributed by atoms with Crippen molar-refractivity contribution in [1.29, 1.82) is 0 Å². The maximum atomic E-state index is 11.8. The monoisotopic (exact) mass is 285 g/mol. The summed E-state index contributed by atoms with van der Waals surface area (Å²) in [6.45, 7) is 0.898. The zero-order valence-electron chi connectivity index (χ0n) is 11.9. The molecule has 0 aliphatic rings. The fraction of sp³-hybridized carbons (Fsp3) is 0.188. The highest BCUT2D eigenvalue weighted by atomic mass is 16.5. The van der Waals surface area contributed by atoms with Crippen LogP contribution in [0.3, 0.4) is 0 Å². The fourth-order valence-electron chi connectivity index (χ4n) is 1.88. The van der Waals surface area contributed by atoms with E-state index in [2.05, 4.69) is 10.6 Å². The van der Waals surface area contributed by atoms with Crippen LogP contribution < -0.4 is 21.1 Å². The predicted octanol–water partition coefficient (Wildman–Crippen LogP) is 2.48. The summed E-state index contributed by atoms with van der Waals surface area (Å²) in [5, 5.41) is 5.58. The maximum absolute atomic E-state index is 11.8. The van der Waals surface area contributed by atoms with Crippen LogP contribution in [0.1, 0.15) is 11.1 Å². The molecule has 5 nitrogen and oxygen atoms in total. The molecule has 0 spiro atoms. The summed E-state index contributed by atoms with van der Waals surface area (Å²) in [6.07, 6.45) is 0. The van der Waals surface area contributed by atoms with Crippen molar-refractivity contribution in [2.45, 2.75) is 13.1 Å². The number of rotatable bonds is 5. The summed E-state index contributed by atoms with van der Waals surface area (Å²) in [4.78, 5) is 11.8.